The van der Waals surface area contributed by atoms with Gasteiger partial charge in [-0.15, -0.1) is 11.3 Å². The summed E-state index contributed by atoms with van der Waals surface area (Å²) < 4.78 is 17.2. The van der Waals surface area contributed by atoms with Crippen molar-refractivity contribution in [1.29, 1.82) is 0 Å². The second kappa shape index (κ2) is 7.98. The Balaban J connectivity index is 2.04. The molecule has 0 aliphatic rings. The highest BCUT2D eigenvalue weighted by Crippen LogP contribution is 2.18. The average molecular weight is 352 g/mol. The van der Waals surface area contributed by atoms with Gasteiger partial charge in [-0.05, 0) is 12.1 Å². The fourth-order valence-electron chi connectivity index (χ4n) is 1.79. The SMILES string of the molecule is CC[S@@](=O)c1ccccc1C(=O)OCc1csc(NC(C)=O)n1. The molecule has 0 spiro atoms. The van der Waals surface area contributed by atoms with Gasteiger partial charge in [0.15, 0.2) is 5.13 Å². The van der Waals surface area contributed by atoms with Gasteiger partial charge in [0.2, 0.25) is 5.91 Å². The second-order valence-electron chi connectivity index (χ2n) is 4.53. The lowest BCUT2D eigenvalue weighted by molar-refractivity contribution is -0.114. The Morgan fingerprint density at radius 2 is 2.09 bits per heavy atom. The summed E-state index contributed by atoms with van der Waals surface area (Å²) >= 11 is 1.25. The number of carbonyl (C=O) groups excluding carboxylic acids is 2. The number of hydrogen-bond acceptors (Lipinski definition) is 6. The van der Waals surface area contributed by atoms with E-state index in [1.807, 2.05) is 0 Å². The lowest BCUT2D eigenvalue weighted by Crippen LogP contribution is -2.10. The van der Waals surface area contributed by atoms with Gasteiger partial charge in [0.25, 0.3) is 0 Å². The van der Waals surface area contributed by atoms with E-state index in [2.05, 4.69) is 10.3 Å². The molecule has 8 heteroatoms. The van der Waals surface area contributed by atoms with Crippen molar-refractivity contribution in [3.05, 3.63) is 40.9 Å². The number of rotatable bonds is 6. The quantitative estimate of drug-likeness (QED) is 0.808. The van der Waals surface area contributed by atoms with Gasteiger partial charge in [0.05, 0.1) is 27.0 Å². The summed E-state index contributed by atoms with van der Waals surface area (Å²) in [5, 5.41) is 4.72. The van der Waals surface area contributed by atoms with E-state index in [-0.39, 0.29) is 12.5 Å². The number of hydrogen-bond donors (Lipinski definition) is 1. The zero-order chi connectivity index (χ0) is 16.8. The normalized spacial score (nSPS) is 11.7. The van der Waals surface area contributed by atoms with E-state index in [0.29, 0.717) is 27.0 Å². The van der Waals surface area contributed by atoms with Gasteiger partial charge in [-0.1, -0.05) is 19.1 Å². The van der Waals surface area contributed by atoms with E-state index in [0.717, 1.165) is 0 Å². The maximum atomic E-state index is 12.2. The summed E-state index contributed by atoms with van der Waals surface area (Å²) in [6.07, 6.45) is 0. The molecule has 1 amide bonds. The zero-order valence-corrected chi connectivity index (χ0v) is 14.3. The van der Waals surface area contributed by atoms with Gasteiger partial charge >= 0.3 is 5.97 Å². The monoisotopic (exact) mass is 352 g/mol. The number of thiazole rings is 1. The minimum Gasteiger partial charge on any atom is -0.456 e. The molecule has 0 aliphatic heterocycles. The summed E-state index contributed by atoms with van der Waals surface area (Å²) in [6, 6.07) is 6.69. The highest BCUT2D eigenvalue weighted by Gasteiger charge is 2.16. The van der Waals surface area contributed by atoms with Crippen LogP contribution in [0.4, 0.5) is 5.13 Å². The van der Waals surface area contributed by atoms with Crippen molar-refractivity contribution in [1.82, 2.24) is 4.98 Å². The number of esters is 1. The van der Waals surface area contributed by atoms with Crippen molar-refractivity contribution in [3.8, 4) is 0 Å². The fraction of sp³-hybridized carbons (Fsp3) is 0.267. The van der Waals surface area contributed by atoms with Crippen LogP contribution in [0.3, 0.4) is 0 Å². The molecule has 1 aromatic heterocycles. The van der Waals surface area contributed by atoms with E-state index >= 15 is 0 Å². The number of aromatic nitrogens is 1. The van der Waals surface area contributed by atoms with Crippen molar-refractivity contribution in [3.63, 3.8) is 0 Å². The van der Waals surface area contributed by atoms with Crippen LogP contribution in [-0.2, 0) is 26.9 Å². The second-order valence-corrected chi connectivity index (χ2v) is 7.10. The third-order valence-corrected chi connectivity index (χ3v) is 4.98. The molecule has 0 radical (unpaired) electrons. The van der Waals surface area contributed by atoms with Gasteiger partial charge in [0, 0.05) is 18.1 Å². The molecule has 1 heterocycles. The van der Waals surface area contributed by atoms with Crippen LogP contribution in [0.5, 0.6) is 0 Å². The topological polar surface area (TPSA) is 85.4 Å². The number of benzene rings is 1. The predicted octanol–water partition coefficient (Wildman–Crippen LogP) is 2.59. The molecule has 6 nitrogen and oxygen atoms in total. The molecule has 2 aromatic rings. The van der Waals surface area contributed by atoms with Crippen LogP contribution in [-0.4, -0.2) is 26.8 Å². The Labute approximate surface area is 140 Å². The number of ether oxygens (including phenoxy) is 1. The molecule has 0 saturated carbocycles. The van der Waals surface area contributed by atoms with Crippen LogP contribution >= 0.6 is 11.3 Å². The first-order valence-corrected chi connectivity index (χ1v) is 9.07. The lowest BCUT2D eigenvalue weighted by Gasteiger charge is -2.07. The summed E-state index contributed by atoms with van der Waals surface area (Å²) in [5.41, 5.74) is 0.839. The number of nitrogens with zero attached hydrogens (tertiary/aromatic N) is 1. The number of carbonyl (C=O) groups is 2. The van der Waals surface area contributed by atoms with Crippen molar-refractivity contribution in [2.24, 2.45) is 0 Å². The number of anilines is 1. The maximum Gasteiger partial charge on any atom is 0.339 e. The molecule has 0 unspecified atom stereocenters. The van der Waals surface area contributed by atoms with Crippen LogP contribution in [0.25, 0.3) is 0 Å². The summed E-state index contributed by atoms with van der Waals surface area (Å²) in [6.45, 7) is 3.17. The Kier molecular flexibility index (Phi) is 6.00. The predicted molar refractivity (Wildman–Crippen MR) is 88.9 cm³/mol. The first-order valence-electron chi connectivity index (χ1n) is 6.87. The van der Waals surface area contributed by atoms with Gasteiger partial charge in [-0.3, -0.25) is 9.00 Å². The Hall–Kier alpha value is -2.06. The standard InChI is InChI=1S/C15H16N2O4S2/c1-3-23(20)13-7-5-4-6-12(13)14(19)21-8-11-9-22-15(17-11)16-10(2)18/h4-7,9H,3,8H2,1-2H3,(H,16,17,18)/t23-/m1/s1. The molecule has 1 atom stereocenters. The van der Waals surface area contributed by atoms with Crippen molar-refractivity contribution < 1.29 is 18.5 Å². The van der Waals surface area contributed by atoms with E-state index in [1.165, 1.54) is 18.3 Å². The van der Waals surface area contributed by atoms with E-state index in [9.17, 15) is 13.8 Å². The third kappa shape index (κ3) is 4.70. The summed E-state index contributed by atoms with van der Waals surface area (Å²) in [5.74, 6) is -0.327. The van der Waals surface area contributed by atoms with Gasteiger partial charge in [-0.2, -0.15) is 0 Å². The van der Waals surface area contributed by atoms with Crippen molar-refractivity contribution >= 4 is 39.1 Å². The summed E-state index contributed by atoms with van der Waals surface area (Å²) in [7, 11) is -1.24. The van der Waals surface area contributed by atoms with Gasteiger partial charge in [0.1, 0.15) is 6.61 Å². The molecular formula is C15H16N2O4S2. The van der Waals surface area contributed by atoms with Crippen molar-refractivity contribution in [2.45, 2.75) is 25.3 Å². The molecular weight excluding hydrogens is 336 g/mol. The molecule has 1 N–H and O–H groups in total. The van der Waals surface area contributed by atoms with Crippen LogP contribution < -0.4 is 5.32 Å². The van der Waals surface area contributed by atoms with Crippen LogP contribution in [0, 0.1) is 0 Å². The molecule has 122 valence electrons. The smallest absolute Gasteiger partial charge is 0.339 e. The average Bonchev–Trinajstić information content (AvgIpc) is 2.98. The van der Waals surface area contributed by atoms with E-state index in [4.69, 9.17) is 4.74 Å². The Morgan fingerprint density at radius 3 is 2.78 bits per heavy atom. The number of amides is 1. The van der Waals surface area contributed by atoms with Gasteiger partial charge < -0.3 is 10.1 Å². The maximum absolute atomic E-state index is 12.2. The molecule has 1 aromatic carbocycles. The Morgan fingerprint density at radius 1 is 1.35 bits per heavy atom. The zero-order valence-electron chi connectivity index (χ0n) is 12.7. The van der Waals surface area contributed by atoms with E-state index in [1.54, 1.807) is 36.6 Å². The van der Waals surface area contributed by atoms with Crippen LogP contribution in [0.15, 0.2) is 34.5 Å². The van der Waals surface area contributed by atoms with E-state index < -0.39 is 16.8 Å². The molecule has 2 rings (SSSR count). The lowest BCUT2D eigenvalue weighted by atomic mass is 10.2. The molecule has 0 bridgehead atoms. The number of nitrogens with one attached hydrogen (secondary N) is 1. The first kappa shape index (κ1) is 17.3. The van der Waals surface area contributed by atoms with Crippen LogP contribution in [0.2, 0.25) is 0 Å². The van der Waals surface area contributed by atoms with Crippen LogP contribution in [0.1, 0.15) is 29.9 Å². The van der Waals surface area contributed by atoms with Gasteiger partial charge in [-0.25, -0.2) is 9.78 Å². The minimum absolute atomic E-state index is 0.0119. The molecule has 23 heavy (non-hydrogen) atoms. The first-order chi connectivity index (χ1) is 11.0. The molecule has 0 aliphatic carbocycles. The Bertz CT molecular complexity index is 743. The largest absolute Gasteiger partial charge is 0.456 e. The highest BCUT2D eigenvalue weighted by atomic mass is 32.2. The minimum atomic E-state index is -1.24. The summed E-state index contributed by atoms with van der Waals surface area (Å²) in [4.78, 5) is 27.7. The highest BCUT2D eigenvalue weighted by molar-refractivity contribution is 7.85. The fourth-order valence-corrected chi connectivity index (χ4v) is 3.47. The van der Waals surface area contributed by atoms with Crippen molar-refractivity contribution in [2.75, 3.05) is 11.1 Å². The molecule has 0 saturated heterocycles. The third-order valence-electron chi connectivity index (χ3n) is 2.80. The molecule has 0 fully saturated rings.